The maximum atomic E-state index is 12.8. The van der Waals surface area contributed by atoms with Crippen molar-refractivity contribution in [2.24, 2.45) is 0 Å². The molecule has 0 fully saturated rings. The average molecular weight is 443 g/mol. The summed E-state index contributed by atoms with van der Waals surface area (Å²) in [5.41, 5.74) is 0.303. The summed E-state index contributed by atoms with van der Waals surface area (Å²) >= 11 is 0. The van der Waals surface area contributed by atoms with Crippen LogP contribution in [0.25, 0.3) is 5.69 Å². The lowest BCUT2D eigenvalue weighted by Gasteiger charge is -2.09. The number of pyridine rings is 1. The first-order valence-electron chi connectivity index (χ1n) is 9.34. The summed E-state index contributed by atoms with van der Waals surface area (Å²) in [5, 5.41) is 10.2. The van der Waals surface area contributed by atoms with E-state index in [0.29, 0.717) is 17.2 Å². The number of aromatic hydroxyl groups is 1. The van der Waals surface area contributed by atoms with Crippen LogP contribution in [0.4, 0.5) is 13.2 Å². The lowest BCUT2D eigenvalue weighted by atomic mass is 10.2. The summed E-state index contributed by atoms with van der Waals surface area (Å²) in [4.78, 5) is 16.9. The van der Waals surface area contributed by atoms with E-state index in [1.54, 1.807) is 24.3 Å². The van der Waals surface area contributed by atoms with Gasteiger partial charge in [-0.25, -0.2) is 14.3 Å². The Morgan fingerprint density at radius 2 is 1.69 bits per heavy atom. The molecule has 0 saturated heterocycles. The van der Waals surface area contributed by atoms with E-state index in [2.05, 4.69) is 9.72 Å². The maximum Gasteiger partial charge on any atom is 0.573 e. The Labute approximate surface area is 179 Å². The van der Waals surface area contributed by atoms with Gasteiger partial charge in [-0.1, -0.05) is 18.2 Å². The molecule has 4 rings (SSSR count). The van der Waals surface area contributed by atoms with Gasteiger partial charge in [0.15, 0.2) is 0 Å². The fourth-order valence-corrected chi connectivity index (χ4v) is 3.04. The van der Waals surface area contributed by atoms with Gasteiger partial charge in [-0.05, 0) is 48.0 Å². The van der Waals surface area contributed by atoms with Crippen LogP contribution < -0.4 is 15.2 Å². The van der Waals surface area contributed by atoms with E-state index in [1.807, 2.05) is 18.2 Å². The molecule has 1 N–H and O–H groups in total. The molecule has 10 heteroatoms. The van der Waals surface area contributed by atoms with Gasteiger partial charge in [0.05, 0.1) is 18.4 Å². The predicted octanol–water partition coefficient (Wildman–Crippen LogP) is 4.48. The van der Waals surface area contributed by atoms with Crippen LogP contribution in [0.5, 0.6) is 23.3 Å². The van der Waals surface area contributed by atoms with Crippen LogP contribution in [-0.2, 0) is 6.54 Å². The molecular weight excluding hydrogens is 427 g/mol. The maximum absolute atomic E-state index is 12.8. The van der Waals surface area contributed by atoms with Gasteiger partial charge >= 0.3 is 12.1 Å². The second-order valence-corrected chi connectivity index (χ2v) is 6.69. The van der Waals surface area contributed by atoms with Gasteiger partial charge in [0.25, 0.3) is 0 Å². The Morgan fingerprint density at radius 3 is 2.38 bits per heavy atom. The zero-order valence-corrected chi connectivity index (χ0v) is 16.4. The van der Waals surface area contributed by atoms with Crippen molar-refractivity contribution in [2.45, 2.75) is 12.9 Å². The summed E-state index contributed by atoms with van der Waals surface area (Å²) in [7, 11) is 0. The van der Waals surface area contributed by atoms with Gasteiger partial charge in [0.1, 0.15) is 11.5 Å². The zero-order valence-electron chi connectivity index (χ0n) is 16.4. The van der Waals surface area contributed by atoms with Crippen LogP contribution >= 0.6 is 0 Å². The Bertz CT molecular complexity index is 1270. The number of hydrogen-bond acceptors (Lipinski definition) is 5. The van der Waals surface area contributed by atoms with Crippen LogP contribution in [-0.4, -0.2) is 25.6 Å². The number of halogens is 3. The van der Waals surface area contributed by atoms with Crippen molar-refractivity contribution in [2.75, 3.05) is 0 Å². The standard InChI is InChI=1S/C22H16F3N3O4/c23-22(24,25)32-18-8-6-16(7-9-18)28-20(29)14-27(21(28)30)13-15-10-11-26-19(12-15)31-17-4-2-1-3-5-17/h1-12,14,29H,13H2. The van der Waals surface area contributed by atoms with E-state index in [9.17, 15) is 23.1 Å². The van der Waals surface area contributed by atoms with Crippen molar-refractivity contribution in [1.82, 2.24) is 14.1 Å². The third-order valence-electron chi connectivity index (χ3n) is 4.38. The van der Waals surface area contributed by atoms with Crippen LogP contribution in [0, 0.1) is 0 Å². The van der Waals surface area contributed by atoms with Crippen LogP contribution in [0.1, 0.15) is 5.56 Å². The van der Waals surface area contributed by atoms with E-state index in [4.69, 9.17) is 4.74 Å². The lowest BCUT2D eigenvalue weighted by molar-refractivity contribution is -0.274. The number of nitrogens with zero attached hydrogens (tertiary/aromatic N) is 3. The van der Waals surface area contributed by atoms with Crippen molar-refractivity contribution >= 4 is 0 Å². The van der Waals surface area contributed by atoms with Crippen molar-refractivity contribution in [3.8, 4) is 28.9 Å². The molecule has 4 aromatic rings. The SMILES string of the molecule is O=c1n(Cc2ccnc(Oc3ccccc3)c2)cc(O)n1-c1ccc(OC(F)(F)F)cc1. The van der Waals surface area contributed by atoms with E-state index >= 15 is 0 Å². The number of aromatic nitrogens is 3. The Morgan fingerprint density at radius 1 is 0.969 bits per heavy atom. The van der Waals surface area contributed by atoms with Gasteiger partial charge in [0, 0.05) is 12.3 Å². The van der Waals surface area contributed by atoms with Gasteiger partial charge in [0.2, 0.25) is 11.8 Å². The molecule has 2 heterocycles. The minimum absolute atomic E-state index is 0.113. The average Bonchev–Trinajstić information content (AvgIpc) is 3.01. The van der Waals surface area contributed by atoms with Crippen molar-refractivity contribution in [3.63, 3.8) is 0 Å². The summed E-state index contributed by atoms with van der Waals surface area (Å²) < 4.78 is 48.7. The molecule has 164 valence electrons. The molecule has 7 nitrogen and oxygen atoms in total. The fraction of sp³-hybridized carbons (Fsp3) is 0.0909. The highest BCUT2D eigenvalue weighted by molar-refractivity contribution is 5.40. The molecule has 0 saturated carbocycles. The number of hydrogen-bond donors (Lipinski definition) is 1. The molecule has 0 atom stereocenters. The molecule has 0 bridgehead atoms. The van der Waals surface area contributed by atoms with E-state index < -0.39 is 17.8 Å². The Kier molecular flexibility index (Phi) is 5.59. The van der Waals surface area contributed by atoms with E-state index in [-0.39, 0.29) is 18.1 Å². The quantitative estimate of drug-likeness (QED) is 0.476. The Hall–Kier alpha value is -4.21. The molecule has 0 spiro atoms. The molecule has 2 aromatic carbocycles. The third kappa shape index (κ3) is 4.91. The molecule has 0 amide bonds. The van der Waals surface area contributed by atoms with Crippen LogP contribution in [0.15, 0.2) is 83.9 Å². The summed E-state index contributed by atoms with van der Waals surface area (Å²) in [6.45, 7) is 0.113. The fourth-order valence-electron chi connectivity index (χ4n) is 3.04. The molecule has 0 radical (unpaired) electrons. The van der Waals surface area contributed by atoms with Gasteiger partial charge in [-0.2, -0.15) is 0 Å². The number of benzene rings is 2. The highest BCUT2D eigenvalue weighted by atomic mass is 19.4. The number of ether oxygens (including phenoxy) is 2. The highest BCUT2D eigenvalue weighted by Crippen LogP contribution is 2.25. The first kappa shape index (κ1) is 21.0. The van der Waals surface area contributed by atoms with Gasteiger partial charge in [-0.3, -0.25) is 4.57 Å². The normalized spacial score (nSPS) is 11.3. The monoisotopic (exact) mass is 443 g/mol. The van der Waals surface area contributed by atoms with Crippen molar-refractivity contribution < 1.29 is 27.8 Å². The minimum Gasteiger partial charge on any atom is -0.493 e. The summed E-state index contributed by atoms with van der Waals surface area (Å²) in [6, 6.07) is 17.0. The third-order valence-corrected chi connectivity index (χ3v) is 4.38. The zero-order chi connectivity index (χ0) is 22.7. The topological polar surface area (TPSA) is 78.5 Å². The minimum atomic E-state index is -4.82. The van der Waals surface area contributed by atoms with E-state index in [0.717, 1.165) is 16.7 Å². The summed E-state index contributed by atoms with van der Waals surface area (Å²) in [5.74, 6) is 0.145. The second-order valence-electron chi connectivity index (χ2n) is 6.69. The molecule has 32 heavy (non-hydrogen) atoms. The number of imidazole rings is 1. The lowest BCUT2D eigenvalue weighted by Crippen LogP contribution is -2.23. The number of para-hydroxylation sites is 1. The van der Waals surface area contributed by atoms with Crippen LogP contribution in [0.3, 0.4) is 0 Å². The molecule has 0 aliphatic rings. The molecule has 0 aliphatic carbocycles. The second kappa shape index (κ2) is 8.50. The summed E-state index contributed by atoms with van der Waals surface area (Å²) in [6.07, 6.45) is -2.05. The van der Waals surface area contributed by atoms with Gasteiger partial charge in [-0.15, -0.1) is 13.2 Å². The smallest absolute Gasteiger partial charge is 0.493 e. The van der Waals surface area contributed by atoms with Gasteiger partial charge < -0.3 is 14.6 Å². The molecule has 2 aromatic heterocycles. The van der Waals surface area contributed by atoms with Crippen molar-refractivity contribution in [1.29, 1.82) is 0 Å². The first-order chi connectivity index (χ1) is 15.3. The molecular formula is C22H16F3N3O4. The molecule has 0 aliphatic heterocycles. The number of rotatable bonds is 6. The highest BCUT2D eigenvalue weighted by Gasteiger charge is 2.31. The number of alkyl halides is 3. The Balaban J connectivity index is 1.55. The molecule has 0 unspecified atom stereocenters. The first-order valence-corrected chi connectivity index (χ1v) is 9.34. The largest absolute Gasteiger partial charge is 0.573 e. The van der Waals surface area contributed by atoms with E-state index in [1.165, 1.54) is 29.1 Å². The van der Waals surface area contributed by atoms with Crippen molar-refractivity contribution in [3.05, 3.63) is 95.2 Å². The predicted molar refractivity (Wildman–Crippen MR) is 108 cm³/mol. The van der Waals surface area contributed by atoms with Crippen LogP contribution in [0.2, 0.25) is 0 Å².